The first-order valence-corrected chi connectivity index (χ1v) is 8.17. The Morgan fingerprint density at radius 2 is 1.66 bits per heavy atom. The number of benzene rings is 2. The lowest BCUT2D eigenvalue weighted by atomic mass is 10.2. The summed E-state index contributed by atoms with van der Waals surface area (Å²) in [5, 5.41) is 2.30. The summed E-state index contributed by atoms with van der Waals surface area (Å²) in [6, 6.07) is 10.9. The largest absolute Gasteiger partial charge is 0.573 e. The molecule has 1 amide bonds. The number of carbonyl (C=O) groups excluding carboxylic acids is 1. The molecule has 0 aliphatic heterocycles. The molecule has 2 aromatic carbocycles. The normalized spacial score (nSPS) is 12.2. The standard InChI is InChI=1S/C18H13F6N3O2/c19-17(20,21)16-26-12-6-2-3-7-13(12)27(16)10-15(28)25-9-11-5-1-4-8-14(11)29-18(22,23)24/h1-8H,9-10H2,(H,25,28). The van der Waals surface area contributed by atoms with E-state index in [1.165, 1.54) is 42.5 Å². The molecule has 3 rings (SSSR count). The predicted octanol–water partition coefficient (Wildman–Crippen LogP) is 4.27. The molecule has 3 aromatic rings. The fourth-order valence-electron chi connectivity index (χ4n) is 2.72. The summed E-state index contributed by atoms with van der Waals surface area (Å²) in [5.74, 6) is -2.58. The zero-order valence-electron chi connectivity index (χ0n) is 14.5. The van der Waals surface area contributed by atoms with Crippen molar-refractivity contribution in [2.24, 2.45) is 0 Å². The fourth-order valence-corrected chi connectivity index (χ4v) is 2.72. The second kappa shape index (κ2) is 7.64. The SMILES string of the molecule is O=C(Cn1c(C(F)(F)F)nc2ccccc21)NCc1ccccc1OC(F)(F)F. The summed E-state index contributed by atoms with van der Waals surface area (Å²) in [6.07, 6.45) is -9.70. The van der Waals surface area contributed by atoms with Gasteiger partial charge in [-0.3, -0.25) is 4.79 Å². The molecule has 0 aliphatic carbocycles. The Bertz CT molecular complexity index is 1030. The number of fused-ring (bicyclic) bond motifs is 1. The molecule has 29 heavy (non-hydrogen) atoms. The van der Waals surface area contributed by atoms with Gasteiger partial charge in [0.05, 0.1) is 11.0 Å². The van der Waals surface area contributed by atoms with Gasteiger partial charge in [0.2, 0.25) is 11.7 Å². The average Bonchev–Trinajstić information content (AvgIpc) is 2.99. The second-order valence-electron chi connectivity index (χ2n) is 5.94. The van der Waals surface area contributed by atoms with Gasteiger partial charge < -0.3 is 14.6 Å². The number of ether oxygens (including phenoxy) is 1. The van der Waals surface area contributed by atoms with Crippen LogP contribution in [0, 0.1) is 0 Å². The molecule has 0 spiro atoms. The molecule has 5 nitrogen and oxygen atoms in total. The highest BCUT2D eigenvalue weighted by molar-refractivity contribution is 5.81. The first kappa shape index (κ1) is 20.5. The van der Waals surface area contributed by atoms with Crippen LogP contribution in [0.1, 0.15) is 11.4 Å². The molecular weight excluding hydrogens is 404 g/mol. The molecule has 1 aromatic heterocycles. The summed E-state index contributed by atoms with van der Waals surface area (Å²) in [4.78, 5) is 15.7. The zero-order valence-corrected chi connectivity index (χ0v) is 14.5. The highest BCUT2D eigenvalue weighted by atomic mass is 19.4. The third-order valence-corrected chi connectivity index (χ3v) is 3.88. The lowest BCUT2D eigenvalue weighted by molar-refractivity contribution is -0.274. The van der Waals surface area contributed by atoms with Gasteiger partial charge in [-0.1, -0.05) is 30.3 Å². The molecule has 0 fully saturated rings. The monoisotopic (exact) mass is 417 g/mol. The summed E-state index contributed by atoms with van der Waals surface area (Å²) in [7, 11) is 0. The van der Waals surface area contributed by atoms with E-state index in [1.54, 1.807) is 0 Å². The van der Waals surface area contributed by atoms with Crippen LogP contribution in [-0.4, -0.2) is 21.8 Å². The van der Waals surface area contributed by atoms with Crippen molar-refractivity contribution >= 4 is 16.9 Å². The van der Waals surface area contributed by atoms with Crippen LogP contribution in [0.4, 0.5) is 26.3 Å². The van der Waals surface area contributed by atoms with Crippen molar-refractivity contribution in [3.8, 4) is 5.75 Å². The van der Waals surface area contributed by atoms with E-state index in [9.17, 15) is 31.1 Å². The Morgan fingerprint density at radius 1 is 1.00 bits per heavy atom. The number of hydrogen-bond donors (Lipinski definition) is 1. The molecular formula is C18H13F6N3O2. The number of nitrogens with one attached hydrogen (secondary N) is 1. The number of amides is 1. The van der Waals surface area contributed by atoms with Crippen LogP contribution in [0.3, 0.4) is 0 Å². The Kier molecular flexibility index (Phi) is 5.40. The van der Waals surface area contributed by atoms with Gasteiger partial charge in [0.1, 0.15) is 12.3 Å². The quantitative estimate of drug-likeness (QED) is 0.631. The summed E-state index contributed by atoms with van der Waals surface area (Å²) in [6.45, 7) is -1.07. The topological polar surface area (TPSA) is 56.2 Å². The van der Waals surface area contributed by atoms with E-state index in [2.05, 4.69) is 15.0 Å². The molecule has 0 aliphatic rings. The minimum absolute atomic E-state index is 0.0182. The van der Waals surface area contributed by atoms with Crippen LogP contribution >= 0.6 is 0 Å². The van der Waals surface area contributed by atoms with E-state index >= 15 is 0 Å². The number of hydrogen-bond acceptors (Lipinski definition) is 3. The molecule has 0 bridgehead atoms. The highest BCUT2D eigenvalue weighted by Gasteiger charge is 2.38. The van der Waals surface area contributed by atoms with Gasteiger partial charge in [0.25, 0.3) is 0 Å². The van der Waals surface area contributed by atoms with Crippen LogP contribution in [-0.2, 0) is 24.1 Å². The lowest BCUT2D eigenvalue weighted by Crippen LogP contribution is -2.29. The Hall–Kier alpha value is -3.24. The van der Waals surface area contributed by atoms with Gasteiger partial charge in [0, 0.05) is 12.1 Å². The third-order valence-electron chi connectivity index (χ3n) is 3.88. The van der Waals surface area contributed by atoms with Crippen molar-refractivity contribution in [1.29, 1.82) is 0 Å². The number of halogens is 6. The maximum absolute atomic E-state index is 13.3. The molecule has 0 radical (unpaired) electrons. The Balaban J connectivity index is 1.78. The number of rotatable bonds is 5. The molecule has 0 atom stereocenters. The Morgan fingerprint density at radius 3 is 2.34 bits per heavy atom. The van der Waals surface area contributed by atoms with Crippen molar-refractivity contribution in [2.75, 3.05) is 0 Å². The number of aromatic nitrogens is 2. The zero-order chi connectivity index (χ0) is 21.2. The fraction of sp³-hybridized carbons (Fsp3) is 0.222. The van der Waals surface area contributed by atoms with E-state index in [0.717, 1.165) is 6.07 Å². The van der Waals surface area contributed by atoms with Crippen molar-refractivity contribution < 1.29 is 35.9 Å². The second-order valence-corrected chi connectivity index (χ2v) is 5.94. The van der Waals surface area contributed by atoms with Gasteiger partial charge in [-0.15, -0.1) is 13.2 Å². The van der Waals surface area contributed by atoms with E-state index < -0.39 is 36.6 Å². The van der Waals surface area contributed by atoms with E-state index in [4.69, 9.17) is 0 Å². The van der Waals surface area contributed by atoms with Gasteiger partial charge in [-0.25, -0.2) is 4.98 Å². The smallest absolute Gasteiger partial charge is 0.405 e. The van der Waals surface area contributed by atoms with Gasteiger partial charge in [-0.2, -0.15) is 13.2 Å². The number of nitrogens with zero attached hydrogens (tertiary/aromatic N) is 2. The van der Waals surface area contributed by atoms with Crippen LogP contribution in [0.25, 0.3) is 11.0 Å². The van der Waals surface area contributed by atoms with Crippen LogP contribution < -0.4 is 10.1 Å². The number of imidazole rings is 1. The third kappa shape index (κ3) is 4.98. The van der Waals surface area contributed by atoms with Crippen molar-refractivity contribution in [1.82, 2.24) is 14.9 Å². The predicted molar refractivity (Wildman–Crippen MR) is 89.7 cm³/mol. The maximum Gasteiger partial charge on any atom is 0.573 e. The van der Waals surface area contributed by atoms with E-state index in [-0.39, 0.29) is 23.1 Å². The minimum Gasteiger partial charge on any atom is -0.405 e. The number of alkyl halides is 6. The first-order valence-electron chi connectivity index (χ1n) is 8.17. The maximum atomic E-state index is 13.3. The van der Waals surface area contributed by atoms with Crippen molar-refractivity contribution in [3.63, 3.8) is 0 Å². The lowest BCUT2D eigenvalue weighted by Gasteiger charge is -2.14. The molecule has 11 heteroatoms. The van der Waals surface area contributed by atoms with Gasteiger partial charge in [0.15, 0.2) is 0 Å². The first-order chi connectivity index (χ1) is 13.5. The van der Waals surface area contributed by atoms with Gasteiger partial charge >= 0.3 is 12.5 Å². The molecule has 154 valence electrons. The van der Waals surface area contributed by atoms with Gasteiger partial charge in [-0.05, 0) is 18.2 Å². The molecule has 1 N–H and O–H groups in total. The van der Waals surface area contributed by atoms with Crippen LogP contribution in [0.2, 0.25) is 0 Å². The Labute approximate surface area is 159 Å². The summed E-state index contributed by atoms with van der Waals surface area (Å²) >= 11 is 0. The van der Waals surface area contributed by atoms with Crippen molar-refractivity contribution in [3.05, 3.63) is 59.9 Å². The van der Waals surface area contributed by atoms with Crippen LogP contribution in [0.5, 0.6) is 5.75 Å². The highest BCUT2D eigenvalue weighted by Crippen LogP contribution is 2.31. The average molecular weight is 417 g/mol. The minimum atomic E-state index is -4.92. The summed E-state index contributed by atoms with van der Waals surface area (Å²) < 4.78 is 81.7. The molecule has 0 unspecified atom stereocenters. The van der Waals surface area contributed by atoms with Crippen LogP contribution in [0.15, 0.2) is 48.5 Å². The van der Waals surface area contributed by atoms with Crippen molar-refractivity contribution in [2.45, 2.75) is 25.6 Å². The molecule has 0 saturated heterocycles. The molecule has 1 heterocycles. The van der Waals surface area contributed by atoms with E-state index in [0.29, 0.717) is 4.57 Å². The van der Waals surface area contributed by atoms with E-state index in [1.807, 2.05) is 0 Å². The number of para-hydroxylation sites is 3. The summed E-state index contributed by atoms with van der Waals surface area (Å²) in [5.41, 5.74) is 0.192. The number of carbonyl (C=O) groups is 1. The molecule has 0 saturated carbocycles.